The lowest BCUT2D eigenvalue weighted by Crippen LogP contribution is -2.52. The van der Waals surface area contributed by atoms with Crippen molar-refractivity contribution in [1.29, 1.82) is 0 Å². The van der Waals surface area contributed by atoms with E-state index >= 15 is 0 Å². The first-order valence-corrected chi connectivity index (χ1v) is 15.7. The summed E-state index contributed by atoms with van der Waals surface area (Å²) in [7, 11) is -2.47. The van der Waals surface area contributed by atoms with Crippen molar-refractivity contribution in [2.75, 3.05) is 37.9 Å². The molecule has 1 amide bonds. The summed E-state index contributed by atoms with van der Waals surface area (Å²) < 4.78 is 27.1. The first-order chi connectivity index (χ1) is 18.7. The van der Waals surface area contributed by atoms with E-state index in [0.29, 0.717) is 39.3 Å². The Labute approximate surface area is 226 Å². The predicted octanol–water partition coefficient (Wildman–Crippen LogP) is 3.95. The van der Waals surface area contributed by atoms with Gasteiger partial charge < -0.3 is 20.1 Å². The number of fused-ring (bicyclic) bond motifs is 1. The number of halogens is 1. The molecule has 6 rings (SSSR count). The Morgan fingerprint density at radius 2 is 1.95 bits per heavy atom. The summed E-state index contributed by atoms with van der Waals surface area (Å²) in [5, 5.41) is 7.94. The van der Waals surface area contributed by atoms with E-state index in [-0.39, 0.29) is 23.8 Å². The third-order valence-corrected chi connectivity index (χ3v) is 8.90. The van der Waals surface area contributed by atoms with Crippen LogP contribution in [0, 0.1) is 5.82 Å². The van der Waals surface area contributed by atoms with Gasteiger partial charge >= 0.3 is 0 Å². The summed E-state index contributed by atoms with van der Waals surface area (Å²) in [5.41, 5.74) is 2.97. The molecule has 0 atom stereocenters. The summed E-state index contributed by atoms with van der Waals surface area (Å²) in [5.74, 6) is 0.0145. The molecule has 2 N–H and O–H groups in total. The van der Waals surface area contributed by atoms with Gasteiger partial charge in [-0.15, -0.1) is 0 Å². The van der Waals surface area contributed by atoms with Crippen LogP contribution in [0.4, 0.5) is 10.2 Å². The first kappa shape index (κ1) is 25.6. The molecule has 0 unspecified atom stereocenters. The Bertz CT molecular complexity index is 1630. The highest BCUT2D eigenvalue weighted by molar-refractivity contribution is 7.70. The number of nitrogens with one attached hydrogen (secondary N) is 2. The molecule has 4 heterocycles. The first-order valence-electron chi connectivity index (χ1n) is 13.1. The van der Waals surface area contributed by atoms with Gasteiger partial charge in [-0.3, -0.25) is 9.78 Å². The number of anilines is 1. The van der Waals surface area contributed by atoms with Crippen molar-refractivity contribution in [3.8, 4) is 11.4 Å². The number of aromatic nitrogens is 3. The summed E-state index contributed by atoms with van der Waals surface area (Å²) in [6.45, 7) is 6.03. The highest BCUT2D eigenvalue weighted by atomic mass is 31.2. The van der Waals surface area contributed by atoms with Gasteiger partial charge in [-0.05, 0) is 56.5 Å². The van der Waals surface area contributed by atoms with E-state index in [1.807, 2.05) is 18.2 Å². The SMILES string of the molecule is CP(C)(=O)c1cccc(C(=O)NCc2cc3nc(-c4cc(F)cc(N5CCNC6(CC6)C5)n4)ccc3cn2)c1. The quantitative estimate of drug-likeness (QED) is 0.355. The van der Waals surface area contributed by atoms with Gasteiger partial charge in [0.05, 0.1) is 29.1 Å². The van der Waals surface area contributed by atoms with E-state index in [9.17, 15) is 13.8 Å². The van der Waals surface area contributed by atoms with Crippen LogP contribution in [0.3, 0.4) is 0 Å². The molecule has 1 spiro atoms. The zero-order valence-electron chi connectivity index (χ0n) is 21.9. The normalized spacial score (nSPS) is 16.4. The van der Waals surface area contributed by atoms with Gasteiger partial charge in [0, 0.05) is 59.8 Å². The highest BCUT2D eigenvalue weighted by Crippen LogP contribution is 2.39. The van der Waals surface area contributed by atoms with Crippen molar-refractivity contribution in [2.45, 2.75) is 24.9 Å². The van der Waals surface area contributed by atoms with Crippen molar-refractivity contribution >= 4 is 35.1 Å². The van der Waals surface area contributed by atoms with Crippen LogP contribution >= 0.6 is 7.14 Å². The number of piperazine rings is 1. The summed E-state index contributed by atoms with van der Waals surface area (Å²) in [6.07, 6.45) is 3.99. The Morgan fingerprint density at radius 3 is 2.74 bits per heavy atom. The molecule has 1 aliphatic carbocycles. The number of pyridine rings is 3. The zero-order valence-corrected chi connectivity index (χ0v) is 22.8. The lowest BCUT2D eigenvalue weighted by molar-refractivity contribution is 0.0950. The van der Waals surface area contributed by atoms with Gasteiger partial charge in [0.15, 0.2) is 0 Å². The third kappa shape index (κ3) is 5.56. The molecule has 10 heteroatoms. The average molecular weight is 545 g/mol. The van der Waals surface area contributed by atoms with Crippen LogP contribution in [0.5, 0.6) is 0 Å². The fourth-order valence-corrected chi connectivity index (χ4v) is 5.86. The average Bonchev–Trinajstić information content (AvgIpc) is 3.68. The zero-order chi connectivity index (χ0) is 27.2. The Hall–Kier alpha value is -3.68. The molecule has 4 aromatic rings. The molecule has 1 aliphatic heterocycles. The van der Waals surface area contributed by atoms with E-state index < -0.39 is 7.14 Å². The summed E-state index contributed by atoms with van der Waals surface area (Å²) in [4.78, 5) is 28.9. The van der Waals surface area contributed by atoms with Gasteiger partial charge in [-0.1, -0.05) is 12.1 Å². The number of benzene rings is 1. The van der Waals surface area contributed by atoms with Crippen LogP contribution in [-0.4, -0.2) is 59.4 Å². The lowest BCUT2D eigenvalue weighted by Gasteiger charge is -2.35. The number of carbonyl (C=O) groups is 1. The van der Waals surface area contributed by atoms with E-state index in [1.165, 1.54) is 12.1 Å². The second-order valence-electron chi connectivity index (χ2n) is 10.8. The van der Waals surface area contributed by atoms with Crippen molar-refractivity contribution in [3.05, 3.63) is 77.9 Å². The van der Waals surface area contributed by atoms with Crippen LogP contribution < -0.4 is 20.8 Å². The number of amides is 1. The van der Waals surface area contributed by atoms with Crippen LogP contribution in [0.2, 0.25) is 0 Å². The largest absolute Gasteiger partial charge is 0.353 e. The van der Waals surface area contributed by atoms with Crippen LogP contribution in [0.15, 0.2) is 60.8 Å². The Kier molecular flexibility index (Phi) is 6.44. The van der Waals surface area contributed by atoms with Gasteiger partial charge in [0.1, 0.15) is 18.8 Å². The molecule has 8 nitrogen and oxygen atoms in total. The van der Waals surface area contributed by atoms with Crippen LogP contribution in [0.25, 0.3) is 22.3 Å². The maximum atomic E-state index is 14.7. The number of rotatable bonds is 6. The van der Waals surface area contributed by atoms with Gasteiger partial charge in [-0.25, -0.2) is 14.4 Å². The number of carbonyl (C=O) groups excluding carboxylic acids is 1. The number of hydrogen-bond donors (Lipinski definition) is 2. The molecule has 200 valence electrons. The van der Waals surface area contributed by atoms with Gasteiger partial charge in [-0.2, -0.15) is 0 Å². The fourth-order valence-electron chi connectivity index (χ4n) is 4.97. The van der Waals surface area contributed by atoms with E-state index in [4.69, 9.17) is 9.97 Å². The molecule has 0 bridgehead atoms. The molecular weight excluding hydrogens is 514 g/mol. The second kappa shape index (κ2) is 9.81. The number of hydrogen-bond acceptors (Lipinski definition) is 7. The van der Waals surface area contributed by atoms with E-state index in [1.54, 1.807) is 43.8 Å². The highest BCUT2D eigenvalue weighted by Gasteiger charge is 2.45. The summed E-state index contributed by atoms with van der Waals surface area (Å²) in [6, 6.07) is 15.3. The fraction of sp³-hybridized carbons (Fsp3) is 0.310. The molecule has 39 heavy (non-hydrogen) atoms. The maximum Gasteiger partial charge on any atom is 0.251 e. The molecular formula is C29H30FN6O2P. The van der Waals surface area contributed by atoms with Crippen molar-refractivity contribution in [2.24, 2.45) is 0 Å². The molecule has 1 aromatic carbocycles. The molecule has 1 saturated carbocycles. The molecule has 3 aromatic heterocycles. The standard InChI is InChI=1S/C29H30FN6O2P/c1-39(2,38)23-5-3-4-19(12-23)28(37)32-17-22-15-25-20(16-31-22)6-7-24(34-25)26-13-21(30)14-27(35-26)36-11-10-33-29(18-36)8-9-29/h3-7,12-16,33H,8-11,17-18H2,1-2H3,(H,32,37). The maximum absolute atomic E-state index is 14.7. The van der Waals surface area contributed by atoms with E-state index in [0.717, 1.165) is 37.9 Å². The van der Waals surface area contributed by atoms with Crippen molar-refractivity contribution in [3.63, 3.8) is 0 Å². The Morgan fingerprint density at radius 1 is 1.10 bits per heavy atom. The van der Waals surface area contributed by atoms with Gasteiger partial charge in [0.2, 0.25) is 0 Å². The van der Waals surface area contributed by atoms with Crippen molar-refractivity contribution < 1.29 is 13.8 Å². The van der Waals surface area contributed by atoms with Gasteiger partial charge in [0.25, 0.3) is 5.91 Å². The smallest absolute Gasteiger partial charge is 0.251 e. The predicted molar refractivity (Wildman–Crippen MR) is 152 cm³/mol. The minimum atomic E-state index is -2.47. The van der Waals surface area contributed by atoms with Crippen LogP contribution in [-0.2, 0) is 11.1 Å². The third-order valence-electron chi connectivity index (χ3n) is 7.38. The monoisotopic (exact) mass is 544 g/mol. The second-order valence-corrected chi connectivity index (χ2v) is 14.0. The molecule has 2 aliphatic rings. The van der Waals surface area contributed by atoms with E-state index in [2.05, 4.69) is 20.5 Å². The minimum absolute atomic E-state index is 0.156. The molecule has 1 saturated heterocycles. The van der Waals surface area contributed by atoms with Crippen molar-refractivity contribution in [1.82, 2.24) is 25.6 Å². The molecule has 2 fully saturated rings. The minimum Gasteiger partial charge on any atom is -0.353 e. The Balaban J connectivity index is 1.21. The van der Waals surface area contributed by atoms with Crippen LogP contribution in [0.1, 0.15) is 28.9 Å². The number of nitrogens with zero attached hydrogens (tertiary/aromatic N) is 4. The molecule has 0 radical (unpaired) electrons. The topological polar surface area (TPSA) is 100 Å². The summed E-state index contributed by atoms with van der Waals surface area (Å²) >= 11 is 0. The lowest BCUT2D eigenvalue weighted by atomic mass is 10.1.